The number of hydrogen-bond donors (Lipinski definition) is 0. The summed E-state index contributed by atoms with van der Waals surface area (Å²) >= 11 is 0. The van der Waals surface area contributed by atoms with Crippen LogP contribution >= 0.6 is 0 Å². The van der Waals surface area contributed by atoms with Gasteiger partial charge in [0.1, 0.15) is 5.82 Å². The molecule has 150 valence electrons. The lowest BCUT2D eigenvalue weighted by atomic mass is 10.1. The van der Waals surface area contributed by atoms with Gasteiger partial charge in [-0.2, -0.15) is 0 Å². The van der Waals surface area contributed by atoms with Crippen molar-refractivity contribution < 1.29 is 14.0 Å². The second-order valence-corrected chi connectivity index (χ2v) is 7.48. The molecule has 2 heterocycles. The van der Waals surface area contributed by atoms with Crippen molar-refractivity contribution in [3.63, 3.8) is 0 Å². The van der Waals surface area contributed by atoms with Crippen molar-refractivity contribution in [2.24, 2.45) is 0 Å². The van der Waals surface area contributed by atoms with Crippen LogP contribution in [0.3, 0.4) is 0 Å². The Balaban J connectivity index is 1.38. The van der Waals surface area contributed by atoms with E-state index in [1.807, 2.05) is 10.6 Å². The summed E-state index contributed by atoms with van der Waals surface area (Å²) in [6.45, 7) is 6.51. The summed E-state index contributed by atoms with van der Waals surface area (Å²) in [7, 11) is 0. The zero-order chi connectivity index (χ0) is 20.2. The van der Waals surface area contributed by atoms with E-state index in [1.165, 1.54) is 17.7 Å². The molecule has 3 aromatic rings. The highest BCUT2D eigenvalue weighted by Gasteiger charge is 2.19. The van der Waals surface area contributed by atoms with Crippen LogP contribution < -0.4 is 0 Å². The van der Waals surface area contributed by atoms with E-state index >= 15 is 0 Å². The first-order valence-electron chi connectivity index (χ1n) is 9.90. The number of carbonyl (C=O) groups is 2. The van der Waals surface area contributed by atoms with Crippen LogP contribution in [0.4, 0.5) is 4.39 Å². The Hall–Kier alpha value is -2.83. The molecule has 0 atom stereocenters. The van der Waals surface area contributed by atoms with Gasteiger partial charge >= 0.3 is 0 Å². The summed E-state index contributed by atoms with van der Waals surface area (Å²) in [5.74, 6) is -1.03. The molecule has 0 spiro atoms. The lowest BCUT2D eigenvalue weighted by Crippen LogP contribution is -2.46. The predicted molar refractivity (Wildman–Crippen MR) is 110 cm³/mol. The van der Waals surface area contributed by atoms with Crippen LogP contribution in [0.2, 0.25) is 0 Å². The molecule has 1 aliphatic rings. The Morgan fingerprint density at radius 3 is 2.41 bits per heavy atom. The van der Waals surface area contributed by atoms with E-state index in [9.17, 15) is 14.0 Å². The summed E-state index contributed by atoms with van der Waals surface area (Å²) in [6.07, 6.45) is 1.96. The molecular formula is C23H24FN3O2. The molecule has 0 bridgehead atoms. The van der Waals surface area contributed by atoms with Gasteiger partial charge in [0, 0.05) is 62.9 Å². The number of fused-ring (bicyclic) bond motifs is 1. The molecule has 1 fully saturated rings. The van der Waals surface area contributed by atoms with Crippen LogP contribution in [0.25, 0.3) is 10.9 Å². The number of nitrogens with zero attached hydrogens (tertiary/aromatic N) is 3. The predicted octanol–water partition coefficient (Wildman–Crippen LogP) is 2.98. The minimum Gasteiger partial charge on any atom is -0.345 e. The molecule has 4 rings (SSSR count). The van der Waals surface area contributed by atoms with Gasteiger partial charge in [0.15, 0.2) is 6.29 Å². The van der Waals surface area contributed by atoms with Gasteiger partial charge in [-0.05, 0) is 23.8 Å². The molecule has 0 saturated carbocycles. The molecule has 0 radical (unpaired) electrons. The fourth-order valence-electron chi connectivity index (χ4n) is 3.98. The summed E-state index contributed by atoms with van der Waals surface area (Å²) in [4.78, 5) is 27.7. The van der Waals surface area contributed by atoms with Crippen LogP contribution in [0.5, 0.6) is 0 Å². The van der Waals surface area contributed by atoms with Gasteiger partial charge < -0.3 is 4.57 Å². The van der Waals surface area contributed by atoms with Gasteiger partial charge in [0.25, 0.3) is 0 Å². The SMILES string of the molecule is O=CC(=O)c1cn(CCN2CCN(Cc3ccccc3)CC2)c2ccc(F)cc12. The molecule has 0 unspecified atom stereocenters. The minimum atomic E-state index is -0.617. The van der Waals surface area contributed by atoms with Gasteiger partial charge in [-0.15, -0.1) is 0 Å². The van der Waals surface area contributed by atoms with Crippen molar-refractivity contribution in [3.05, 3.63) is 71.7 Å². The van der Waals surface area contributed by atoms with E-state index in [0.29, 0.717) is 11.9 Å². The van der Waals surface area contributed by atoms with Crippen LogP contribution in [-0.4, -0.2) is 59.2 Å². The van der Waals surface area contributed by atoms with Gasteiger partial charge in [0.2, 0.25) is 5.78 Å². The Bertz CT molecular complexity index is 1010. The highest BCUT2D eigenvalue weighted by molar-refractivity contribution is 6.36. The van der Waals surface area contributed by atoms with Crippen LogP contribution in [0.1, 0.15) is 15.9 Å². The third-order valence-electron chi connectivity index (χ3n) is 5.59. The number of halogens is 1. The fraction of sp³-hybridized carbons (Fsp3) is 0.304. The van der Waals surface area contributed by atoms with Crippen LogP contribution in [0.15, 0.2) is 54.7 Å². The molecule has 1 aromatic heterocycles. The second kappa shape index (κ2) is 8.68. The van der Waals surface area contributed by atoms with Crippen molar-refractivity contribution in [2.75, 3.05) is 32.7 Å². The highest BCUT2D eigenvalue weighted by Crippen LogP contribution is 2.23. The topological polar surface area (TPSA) is 45.6 Å². The van der Waals surface area contributed by atoms with Crippen molar-refractivity contribution in [3.8, 4) is 0 Å². The van der Waals surface area contributed by atoms with E-state index in [4.69, 9.17) is 0 Å². The van der Waals surface area contributed by atoms with Crippen molar-refractivity contribution in [1.29, 1.82) is 0 Å². The Labute approximate surface area is 169 Å². The highest BCUT2D eigenvalue weighted by atomic mass is 19.1. The number of carbonyl (C=O) groups excluding carboxylic acids is 2. The molecule has 0 amide bonds. The number of aromatic nitrogens is 1. The molecule has 1 aliphatic heterocycles. The first-order chi connectivity index (χ1) is 14.1. The summed E-state index contributed by atoms with van der Waals surface area (Å²) in [5.41, 5.74) is 2.38. The van der Waals surface area contributed by atoms with Crippen molar-refractivity contribution >= 4 is 23.0 Å². The van der Waals surface area contributed by atoms with Gasteiger partial charge in [-0.25, -0.2) is 4.39 Å². The number of ketones is 1. The third kappa shape index (κ3) is 4.44. The maximum Gasteiger partial charge on any atom is 0.227 e. The third-order valence-corrected chi connectivity index (χ3v) is 5.59. The summed E-state index contributed by atoms with van der Waals surface area (Å²) < 4.78 is 15.6. The molecule has 1 saturated heterocycles. The number of rotatable bonds is 7. The normalized spacial score (nSPS) is 15.6. The lowest BCUT2D eigenvalue weighted by Gasteiger charge is -2.34. The first kappa shape index (κ1) is 19.5. The number of aldehydes is 1. The average Bonchev–Trinajstić information content (AvgIpc) is 3.11. The van der Waals surface area contributed by atoms with Crippen LogP contribution in [0, 0.1) is 5.82 Å². The Morgan fingerprint density at radius 2 is 1.69 bits per heavy atom. The fourth-order valence-corrected chi connectivity index (χ4v) is 3.98. The van der Waals surface area contributed by atoms with Crippen molar-refractivity contribution in [2.45, 2.75) is 13.1 Å². The van der Waals surface area contributed by atoms with E-state index in [2.05, 4.69) is 34.1 Å². The molecule has 0 N–H and O–H groups in total. The summed E-state index contributed by atoms with van der Waals surface area (Å²) in [5, 5.41) is 0.495. The van der Waals surface area contributed by atoms with Gasteiger partial charge in [0.05, 0.1) is 5.56 Å². The molecule has 6 heteroatoms. The lowest BCUT2D eigenvalue weighted by molar-refractivity contribution is -0.104. The summed E-state index contributed by atoms with van der Waals surface area (Å²) in [6, 6.07) is 14.9. The van der Waals surface area contributed by atoms with Crippen molar-refractivity contribution in [1.82, 2.24) is 14.4 Å². The average molecular weight is 393 g/mol. The number of hydrogen-bond acceptors (Lipinski definition) is 4. The Morgan fingerprint density at radius 1 is 0.966 bits per heavy atom. The molecule has 2 aromatic carbocycles. The quantitative estimate of drug-likeness (QED) is 0.352. The second-order valence-electron chi connectivity index (χ2n) is 7.48. The smallest absolute Gasteiger partial charge is 0.227 e. The van der Waals surface area contributed by atoms with E-state index in [1.54, 1.807) is 12.3 Å². The largest absolute Gasteiger partial charge is 0.345 e. The van der Waals surface area contributed by atoms with E-state index < -0.39 is 11.6 Å². The molecular weight excluding hydrogens is 369 g/mol. The minimum absolute atomic E-state index is 0.266. The maximum absolute atomic E-state index is 13.6. The monoisotopic (exact) mass is 393 g/mol. The Kier molecular flexibility index (Phi) is 5.83. The van der Waals surface area contributed by atoms with E-state index in [0.717, 1.165) is 44.8 Å². The number of Topliss-reactive ketones (excluding diaryl/α,β-unsaturated/α-hetero) is 1. The maximum atomic E-state index is 13.6. The number of benzene rings is 2. The van der Waals surface area contributed by atoms with E-state index in [-0.39, 0.29) is 11.8 Å². The zero-order valence-corrected chi connectivity index (χ0v) is 16.3. The molecule has 29 heavy (non-hydrogen) atoms. The molecule has 0 aliphatic carbocycles. The van der Waals surface area contributed by atoms with Crippen LogP contribution in [-0.2, 0) is 17.9 Å². The van der Waals surface area contributed by atoms with Gasteiger partial charge in [-0.1, -0.05) is 30.3 Å². The van der Waals surface area contributed by atoms with Gasteiger partial charge in [-0.3, -0.25) is 19.4 Å². The first-order valence-corrected chi connectivity index (χ1v) is 9.90. The number of piperazine rings is 1. The zero-order valence-electron chi connectivity index (χ0n) is 16.3. The standard InChI is InChI=1S/C23H24FN3O2/c24-19-6-7-22-20(14-19)21(23(29)17-28)16-27(22)13-12-25-8-10-26(11-9-25)15-18-4-2-1-3-5-18/h1-7,14,16-17H,8-13,15H2. The molecule has 5 nitrogen and oxygen atoms in total.